The molecule has 3 rings (SSSR count). The van der Waals surface area contributed by atoms with E-state index < -0.39 is 10.8 Å². The van der Waals surface area contributed by atoms with Gasteiger partial charge in [-0.2, -0.15) is 0 Å². The maximum atomic E-state index is 12.6. The van der Waals surface area contributed by atoms with E-state index in [9.17, 15) is 14.9 Å². The molecule has 26 heavy (non-hydrogen) atoms. The number of fused-ring (bicyclic) bond motifs is 1. The van der Waals surface area contributed by atoms with Gasteiger partial charge in [-0.25, -0.2) is 0 Å². The van der Waals surface area contributed by atoms with Crippen LogP contribution in [-0.4, -0.2) is 23.5 Å². The zero-order valence-electron chi connectivity index (χ0n) is 14.2. The van der Waals surface area contributed by atoms with E-state index >= 15 is 0 Å². The number of nitrogens with zero attached hydrogens (tertiary/aromatic N) is 1. The second kappa shape index (κ2) is 7.21. The summed E-state index contributed by atoms with van der Waals surface area (Å²) in [6, 6.07) is 7.25. The van der Waals surface area contributed by atoms with Crippen molar-refractivity contribution >= 4 is 28.9 Å². The topological polar surface area (TPSA) is 90.7 Å². The van der Waals surface area contributed by atoms with Crippen molar-refractivity contribution in [2.24, 2.45) is 0 Å². The Morgan fingerprint density at radius 2 is 2.19 bits per heavy atom. The average Bonchev–Trinajstić information content (AvgIpc) is 2.94. The molecule has 0 fully saturated rings. The van der Waals surface area contributed by atoms with Gasteiger partial charge < -0.3 is 14.8 Å². The SMILES string of the molecule is CCOc1cc2c(cc1NC(=O)c1cc([N+](=O)[O-])ccc1Cl)OC(C)C2. The van der Waals surface area contributed by atoms with E-state index in [1.54, 1.807) is 6.07 Å². The Morgan fingerprint density at radius 1 is 1.42 bits per heavy atom. The minimum absolute atomic E-state index is 0.0121. The largest absolute Gasteiger partial charge is 0.492 e. The number of benzene rings is 2. The lowest BCUT2D eigenvalue weighted by Crippen LogP contribution is -2.14. The highest BCUT2D eigenvalue weighted by Crippen LogP contribution is 2.38. The lowest BCUT2D eigenvalue weighted by molar-refractivity contribution is -0.384. The summed E-state index contributed by atoms with van der Waals surface area (Å²) in [6.07, 6.45) is 0.817. The number of nitro benzene ring substituents is 1. The summed E-state index contributed by atoms with van der Waals surface area (Å²) in [4.78, 5) is 23.0. The minimum Gasteiger partial charge on any atom is -0.492 e. The summed E-state index contributed by atoms with van der Waals surface area (Å²) in [6.45, 7) is 4.23. The number of hydrogen-bond donors (Lipinski definition) is 1. The van der Waals surface area contributed by atoms with Crippen molar-refractivity contribution in [1.82, 2.24) is 0 Å². The first kappa shape index (κ1) is 18.0. The quantitative estimate of drug-likeness (QED) is 0.623. The highest BCUT2D eigenvalue weighted by atomic mass is 35.5. The van der Waals surface area contributed by atoms with Crippen molar-refractivity contribution in [1.29, 1.82) is 0 Å². The molecule has 0 aliphatic carbocycles. The summed E-state index contributed by atoms with van der Waals surface area (Å²) >= 11 is 6.04. The van der Waals surface area contributed by atoms with Crippen LogP contribution >= 0.6 is 11.6 Å². The van der Waals surface area contributed by atoms with Gasteiger partial charge in [-0.3, -0.25) is 14.9 Å². The molecule has 136 valence electrons. The van der Waals surface area contributed by atoms with Gasteiger partial charge in [0.25, 0.3) is 11.6 Å². The van der Waals surface area contributed by atoms with Crippen LogP contribution in [0.5, 0.6) is 11.5 Å². The van der Waals surface area contributed by atoms with E-state index in [1.165, 1.54) is 12.1 Å². The smallest absolute Gasteiger partial charge is 0.270 e. The summed E-state index contributed by atoms with van der Waals surface area (Å²) in [5, 5.41) is 13.8. The van der Waals surface area contributed by atoms with Crippen LogP contribution in [0, 0.1) is 10.1 Å². The molecule has 7 nitrogen and oxygen atoms in total. The third kappa shape index (κ3) is 3.57. The van der Waals surface area contributed by atoms with Crippen LogP contribution in [0.4, 0.5) is 11.4 Å². The van der Waals surface area contributed by atoms with E-state index in [0.717, 1.165) is 18.1 Å². The molecule has 1 unspecified atom stereocenters. The molecule has 1 N–H and O–H groups in total. The Balaban J connectivity index is 1.93. The number of amides is 1. The molecular weight excluding hydrogens is 360 g/mol. The molecular formula is C18H17ClN2O5. The van der Waals surface area contributed by atoms with Crippen molar-refractivity contribution < 1.29 is 19.2 Å². The van der Waals surface area contributed by atoms with Crippen molar-refractivity contribution in [2.75, 3.05) is 11.9 Å². The van der Waals surface area contributed by atoms with E-state index in [0.29, 0.717) is 23.8 Å². The van der Waals surface area contributed by atoms with E-state index in [4.69, 9.17) is 21.1 Å². The maximum absolute atomic E-state index is 12.6. The number of ether oxygens (including phenoxy) is 2. The lowest BCUT2D eigenvalue weighted by Gasteiger charge is -2.14. The fourth-order valence-electron chi connectivity index (χ4n) is 2.80. The van der Waals surface area contributed by atoms with Crippen molar-refractivity contribution in [2.45, 2.75) is 26.4 Å². The number of anilines is 1. The fourth-order valence-corrected chi connectivity index (χ4v) is 3.01. The Bertz CT molecular complexity index is 884. The second-order valence-corrected chi connectivity index (χ2v) is 6.30. The number of rotatable bonds is 5. The van der Waals surface area contributed by atoms with Crippen molar-refractivity contribution in [3.63, 3.8) is 0 Å². The van der Waals surface area contributed by atoms with Crippen LogP contribution < -0.4 is 14.8 Å². The molecule has 0 saturated heterocycles. The van der Waals surface area contributed by atoms with Gasteiger partial charge in [0.15, 0.2) is 0 Å². The summed E-state index contributed by atoms with van der Waals surface area (Å²) in [7, 11) is 0. The van der Waals surface area contributed by atoms with Gasteiger partial charge in [0.05, 0.1) is 27.8 Å². The summed E-state index contributed by atoms with van der Waals surface area (Å²) in [5.74, 6) is 0.630. The molecule has 0 radical (unpaired) electrons. The zero-order valence-corrected chi connectivity index (χ0v) is 15.0. The molecule has 1 aliphatic heterocycles. The molecule has 1 atom stereocenters. The van der Waals surface area contributed by atoms with Gasteiger partial charge in [0, 0.05) is 30.2 Å². The first-order chi connectivity index (χ1) is 12.4. The standard InChI is InChI=1S/C18H17ClN2O5/c1-3-25-17-7-11-6-10(2)26-16(11)9-15(17)20-18(22)13-8-12(21(23)24)4-5-14(13)19/h4-5,7-10H,3,6H2,1-2H3,(H,20,22). The van der Waals surface area contributed by atoms with Gasteiger partial charge in [-0.15, -0.1) is 0 Å². The number of non-ortho nitro benzene ring substituents is 1. The minimum atomic E-state index is -0.580. The number of carbonyl (C=O) groups is 1. The highest BCUT2D eigenvalue weighted by molar-refractivity contribution is 6.34. The predicted molar refractivity (Wildman–Crippen MR) is 97.5 cm³/mol. The number of carbonyl (C=O) groups excluding carboxylic acids is 1. The van der Waals surface area contributed by atoms with Crippen LogP contribution in [0.2, 0.25) is 5.02 Å². The van der Waals surface area contributed by atoms with Crippen molar-refractivity contribution in [3.8, 4) is 11.5 Å². The van der Waals surface area contributed by atoms with Gasteiger partial charge in [-0.1, -0.05) is 11.6 Å². The molecule has 1 aliphatic rings. The lowest BCUT2D eigenvalue weighted by atomic mass is 10.1. The molecule has 0 saturated carbocycles. The van der Waals surface area contributed by atoms with Crippen LogP contribution in [0.3, 0.4) is 0 Å². The number of nitrogens with one attached hydrogen (secondary N) is 1. The molecule has 1 heterocycles. The van der Waals surface area contributed by atoms with E-state index in [2.05, 4.69) is 5.32 Å². The number of hydrogen-bond acceptors (Lipinski definition) is 5. The average molecular weight is 377 g/mol. The summed E-state index contributed by atoms with van der Waals surface area (Å²) in [5.41, 5.74) is 1.23. The van der Waals surface area contributed by atoms with Crippen LogP contribution in [0.1, 0.15) is 29.8 Å². The van der Waals surface area contributed by atoms with E-state index in [-0.39, 0.29) is 22.4 Å². The summed E-state index contributed by atoms with van der Waals surface area (Å²) < 4.78 is 11.3. The molecule has 0 spiro atoms. The Labute approximate surface area is 155 Å². The Kier molecular flexibility index (Phi) is 4.99. The van der Waals surface area contributed by atoms with E-state index in [1.807, 2.05) is 19.9 Å². The zero-order chi connectivity index (χ0) is 18.8. The van der Waals surface area contributed by atoms with Crippen molar-refractivity contribution in [3.05, 3.63) is 56.6 Å². The Hall–Kier alpha value is -2.80. The van der Waals surface area contributed by atoms with Gasteiger partial charge in [0.1, 0.15) is 17.6 Å². The first-order valence-electron chi connectivity index (χ1n) is 8.10. The molecule has 2 aromatic rings. The van der Waals surface area contributed by atoms with Crippen LogP contribution in [0.25, 0.3) is 0 Å². The van der Waals surface area contributed by atoms with Gasteiger partial charge in [-0.05, 0) is 26.0 Å². The third-order valence-corrected chi connectivity index (χ3v) is 4.28. The molecule has 1 amide bonds. The second-order valence-electron chi connectivity index (χ2n) is 5.90. The maximum Gasteiger partial charge on any atom is 0.270 e. The molecule has 0 aromatic heterocycles. The molecule has 8 heteroatoms. The fraction of sp³-hybridized carbons (Fsp3) is 0.278. The first-order valence-corrected chi connectivity index (χ1v) is 8.48. The number of halogens is 1. The van der Waals surface area contributed by atoms with Crippen LogP contribution in [0.15, 0.2) is 30.3 Å². The monoisotopic (exact) mass is 376 g/mol. The van der Waals surface area contributed by atoms with Gasteiger partial charge in [0.2, 0.25) is 0 Å². The Morgan fingerprint density at radius 3 is 2.88 bits per heavy atom. The van der Waals surface area contributed by atoms with Gasteiger partial charge >= 0.3 is 0 Å². The highest BCUT2D eigenvalue weighted by Gasteiger charge is 2.23. The normalized spacial score (nSPS) is 15.1. The predicted octanol–water partition coefficient (Wildman–Crippen LogP) is 4.22. The number of nitro groups is 1. The molecule has 0 bridgehead atoms. The third-order valence-electron chi connectivity index (χ3n) is 3.95. The van der Waals surface area contributed by atoms with Crippen LogP contribution in [-0.2, 0) is 6.42 Å². The molecule has 2 aromatic carbocycles.